The molecule has 0 unspecified atom stereocenters. The molecule has 0 spiro atoms. The van der Waals surface area contributed by atoms with E-state index in [4.69, 9.17) is 32.0 Å². The second-order valence-corrected chi connectivity index (χ2v) is 14.5. The topological polar surface area (TPSA) is 41.6 Å². The summed E-state index contributed by atoms with van der Waals surface area (Å²) < 4.78 is 12.7. The van der Waals surface area contributed by atoms with Crippen LogP contribution in [0.3, 0.4) is 0 Å². The van der Waals surface area contributed by atoms with Crippen molar-refractivity contribution < 1.29 is 8.83 Å². The summed E-state index contributed by atoms with van der Waals surface area (Å²) in [5.74, 6) is 0. The second kappa shape index (κ2) is 17.7. The van der Waals surface area contributed by atoms with Gasteiger partial charge in [-0.1, -0.05) is 119 Å². The summed E-state index contributed by atoms with van der Waals surface area (Å²) in [6, 6.07) is 64.8. The first-order chi connectivity index (χ1) is 27.0. The van der Waals surface area contributed by atoms with Crippen LogP contribution < -0.4 is 10.2 Å². The molecule has 0 fully saturated rings. The molecule has 4 nitrogen and oxygen atoms in total. The first kappa shape index (κ1) is 38.3. The zero-order valence-corrected chi connectivity index (χ0v) is 32.5. The highest BCUT2D eigenvalue weighted by atomic mass is 79.9. The molecule has 0 saturated heterocycles. The predicted octanol–water partition coefficient (Wildman–Crippen LogP) is 16.8. The molecule has 0 aliphatic heterocycles. The summed E-state index contributed by atoms with van der Waals surface area (Å²) in [6.45, 7) is 0. The van der Waals surface area contributed by atoms with Gasteiger partial charge in [-0.05, 0) is 109 Å². The molecule has 0 radical (unpaired) electrons. The van der Waals surface area contributed by atoms with Crippen molar-refractivity contribution in [2.75, 3.05) is 10.2 Å². The number of furan rings is 2. The van der Waals surface area contributed by atoms with Crippen LogP contribution in [-0.2, 0) is 0 Å². The van der Waals surface area contributed by atoms with Crippen LogP contribution in [0.5, 0.6) is 0 Å². The molecule has 1 N–H and O–H groups in total. The van der Waals surface area contributed by atoms with Crippen molar-refractivity contribution in [3.8, 4) is 0 Å². The van der Waals surface area contributed by atoms with Gasteiger partial charge in [-0.3, -0.25) is 0 Å². The number of halogens is 3. The standard InChI is InChI=1S/C24H16ClNO.C12H6BrClO.C12H11N.CH4/c25-17-11-13-21-22-16-20(12-14-23(22)27-24(21)15-17)26(18-7-3-1-4-8-18)19-9-5-2-6-10-19;13-7-1-4-11-10(5-7)9-3-2-8(14)6-12(9)15-11;1-3-7-11(8-4-1)13-12-9-5-2-6-10-12;/h1-16H;1-6H;1-10,13H;1H4. The normalized spacial score (nSPS) is 10.6. The molecule has 2 heterocycles. The van der Waals surface area contributed by atoms with Crippen molar-refractivity contribution in [1.29, 1.82) is 0 Å². The molecule has 10 aromatic rings. The van der Waals surface area contributed by atoms with Crippen molar-refractivity contribution in [1.82, 2.24) is 0 Å². The van der Waals surface area contributed by atoms with E-state index in [9.17, 15) is 0 Å². The Labute approximate surface area is 344 Å². The van der Waals surface area contributed by atoms with Gasteiger partial charge in [0.25, 0.3) is 0 Å². The van der Waals surface area contributed by atoms with E-state index in [-0.39, 0.29) is 7.43 Å². The van der Waals surface area contributed by atoms with Gasteiger partial charge in [0.2, 0.25) is 0 Å². The van der Waals surface area contributed by atoms with E-state index in [0.29, 0.717) is 10.0 Å². The van der Waals surface area contributed by atoms with Crippen molar-refractivity contribution in [2.24, 2.45) is 0 Å². The highest BCUT2D eigenvalue weighted by molar-refractivity contribution is 9.10. The van der Waals surface area contributed by atoms with Crippen LogP contribution in [0.25, 0.3) is 43.9 Å². The van der Waals surface area contributed by atoms with Crippen LogP contribution in [-0.4, -0.2) is 0 Å². The van der Waals surface area contributed by atoms with Gasteiger partial charge in [0.05, 0.1) is 0 Å². The van der Waals surface area contributed by atoms with Gasteiger partial charge >= 0.3 is 0 Å². The van der Waals surface area contributed by atoms with E-state index in [2.05, 4.69) is 92.9 Å². The fraction of sp³-hybridized carbons (Fsp3) is 0.0204. The van der Waals surface area contributed by atoms with E-state index in [0.717, 1.165) is 76.8 Å². The lowest BCUT2D eigenvalue weighted by Crippen LogP contribution is -2.09. The van der Waals surface area contributed by atoms with Crippen LogP contribution >= 0.6 is 39.1 Å². The maximum absolute atomic E-state index is 6.12. The molecule has 0 amide bonds. The van der Waals surface area contributed by atoms with Crippen LogP contribution in [0.2, 0.25) is 10.0 Å². The van der Waals surface area contributed by atoms with Crippen molar-refractivity contribution >= 4 is 111 Å². The summed E-state index contributed by atoms with van der Waals surface area (Å²) in [7, 11) is 0. The number of nitrogens with zero attached hydrogens (tertiary/aromatic N) is 1. The lowest BCUT2D eigenvalue weighted by atomic mass is 10.1. The Bertz CT molecular complexity index is 2750. The van der Waals surface area contributed by atoms with Gasteiger partial charge in [0.1, 0.15) is 22.3 Å². The lowest BCUT2D eigenvalue weighted by molar-refractivity contribution is 0.668. The Morgan fingerprint density at radius 3 is 1.30 bits per heavy atom. The Balaban J connectivity index is 0.000000140. The van der Waals surface area contributed by atoms with E-state index >= 15 is 0 Å². The summed E-state index contributed by atoms with van der Waals surface area (Å²) >= 11 is 15.5. The molecule has 7 heteroatoms. The highest BCUT2D eigenvalue weighted by Crippen LogP contribution is 2.39. The highest BCUT2D eigenvalue weighted by Gasteiger charge is 2.15. The van der Waals surface area contributed by atoms with Crippen LogP contribution in [0.1, 0.15) is 7.43 Å². The molecular weight excluding hydrogens is 799 g/mol. The van der Waals surface area contributed by atoms with E-state index in [1.165, 1.54) is 0 Å². The van der Waals surface area contributed by atoms with Crippen LogP contribution in [0.15, 0.2) is 207 Å². The third-order valence-electron chi connectivity index (χ3n) is 8.94. The van der Waals surface area contributed by atoms with Gasteiger partial charge in [0.15, 0.2) is 0 Å². The number of fused-ring (bicyclic) bond motifs is 6. The van der Waals surface area contributed by atoms with Crippen LogP contribution in [0.4, 0.5) is 28.4 Å². The minimum absolute atomic E-state index is 0. The van der Waals surface area contributed by atoms with E-state index in [1.54, 1.807) is 0 Å². The third kappa shape index (κ3) is 8.77. The smallest absolute Gasteiger partial charge is 0.136 e. The molecule has 0 atom stereocenters. The average Bonchev–Trinajstić information content (AvgIpc) is 3.76. The summed E-state index contributed by atoms with van der Waals surface area (Å²) in [6.07, 6.45) is 0. The number of nitrogens with one attached hydrogen (secondary N) is 1. The first-order valence-corrected chi connectivity index (χ1v) is 19.2. The minimum Gasteiger partial charge on any atom is -0.456 e. The Morgan fingerprint density at radius 2 is 0.821 bits per heavy atom. The molecule has 276 valence electrons. The quantitative estimate of drug-likeness (QED) is 0.188. The van der Waals surface area contributed by atoms with Crippen molar-refractivity contribution in [2.45, 2.75) is 7.43 Å². The molecule has 2 aromatic heterocycles. The third-order valence-corrected chi connectivity index (χ3v) is 9.90. The van der Waals surface area contributed by atoms with Crippen molar-refractivity contribution in [3.05, 3.63) is 209 Å². The number of anilines is 5. The maximum Gasteiger partial charge on any atom is 0.136 e. The molecule has 56 heavy (non-hydrogen) atoms. The fourth-order valence-electron chi connectivity index (χ4n) is 6.41. The largest absolute Gasteiger partial charge is 0.456 e. The van der Waals surface area contributed by atoms with Gasteiger partial charge in [0, 0.05) is 76.6 Å². The number of benzene rings is 8. The van der Waals surface area contributed by atoms with Crippen molar-refractivity contribution in [3.63, 3.8) is 0 Å². The summed E-state index contributed by atoms with van der Waals surface area (Å²) in [5, 5.41) is 9.02. The Morgan fingerprint density at radius 1 is 0.393 bits per heavy atom. The lowest BCUT2D eigenvalue weighted by Gasteiger charge is -2.25. The Kier molecular flexibility index (Phi) is 12.1. The monoisotopic (exact) mass is 834 g/mol. The number of hydrogen-bond donors (Lipinski definition) is 1. The minimum atomic E-state index is 0. The van der Waals surface area contributed by atoms with E-state index < -0.39 is 0 Å². The molecule has 0 aliphatic rings. The molecule has 0 aliphatic carbocycles. The molecule has 0 bridgehead atoms. The van der Waals surface area contributed by atoms with Gasteiger partial charge in [-0.15, -0.1) is 0 Å². The number of hydrogen-bond acceptors (Lipinski definition) is 4. The summed E-state index contributed by atoms with van der Waals surface area (Å²) in [4.78, 5) is 2.24. The summed E-state index contributed by atoms with van der Waals surface area (Å²) in [5.41, 5.74) is 8.92. The van der Waals surface area contributed by atoms with Gasteiger partial charge in [-0.25, -0.2) is 0 Å². The average molecular weight is 837 g/mol. The SMILES string of the molecule is C.Clc1ccc2c(c1)oc1ccc(Br)cc12.Clc1ccc2c(c1)oc1ccc(N(c3ccccc3)c3ccccc3)cc12.c1ccc(Nc2ccccc2)cc1. The zero-order valence-electron chi connectivity index (χ0n) is 29.4. The Hall–Kier alpha value is -5.98. The second-order valence-electron chi connectivity index (χ2n) is 12.7. The molecular formula is C49H37BrCl2N2O2. The number of para-hydroxylation sites is 4. The first-order valence-electron chi connectivity index (χ1n) is 17.6. The van der Waals surface area contributed by atoms with E-state index in [1.807, 2.05) is 127 Å². The van der Waals surface area contributed by atoms with Crippen LogP contribution in [0, 0.1) is 0 Å². The zero-order chi connectivity index (χ0) is 37.6. The van der Waals surface area contributed by atoms with Gasteiger partial charge < -0.3 is 19.1 Å². The molecule has 10 rings (SSSR count). The van der Waals surface area contributed by atoms with Gasteiger partial charge in [-0.2, -0.15) is 0 Å². The number of rotatable bonds is 5. The maximum atomic E-state index is 6.12. The molecule has 0 saturated carbocycles. The predicted molar refractivity (Wildman–Crippen MR) is 243 cm³/mol. The molecule has 8 aromatic carbocycles. The fourth-order valence-corrected chi connectivity index (χ4v) is 7.10.